The molecule has 0 N–H and O–H groups in total. The van der Waals surface area contributed by atoms with Crippen LogP contribution < -0.4 is 0 Å². The summed E-state index contributed by atoms with van der Waals surface area (Å²) in [5.41, 5.74) is 1.65. The molecule has 0 aliphatic heterocycles. The summed E-state index contributed by atoms with van der Waals surface area (Å²) in [6.45, 7) is 0.336. The van der Waals surface area contributed by atoms with Gasteiger partial charge in [0.05, 0.1) is 24.0 Å². The van der Waals surface area contributed by atoms with E-state index in [0.29, 0.717) is 12.1 Å². The van der Waals surface area contributed by atoms with Gasteiger partial charge in [0.15, 0.2) is 0 Å². The first kappa shape index (κ1) is 14.2. The van der Waals surface area contributed by atoms with Crippen LogP contribution in [0.1, 0.15) is 11.1 Å². The van der Waals surface area contributed by atoms with Crippen LogP contribution in [0.15, 0.2) is 55.0 Å². The summed E-state index contributed by atoms with van der Waals surface area (Å²) in [6.07, 6.45) is 0.614. The van der Waals surface area contributed by atoms with Gasteiger partial charge >= 0.3 is 6.18 Å². The van der Waals surface area contributed by atoms with Crippen LogP contribution in [0.5, 0.6) is 0 Å². The maximum Gasteiger partial charge on any atom is 0.416 e. The monoisotopic (exact) mass is 304 g/mol. The summed E-state index contributed by atoms with van der Waals surface area (Å²) >= 11 is 0. The number of aromatic nitrogens is 4. The molecule has 4 nitrogen and oxygen atoms in total. The summed E-state index contributed by atoms with van der Waals surface area (Å²) in [7, 11) is 0. The second-order valence-electron chi connectivity index (χ2n) is 4.71. The highest BCUT2D eigenvalue weighted by Crippen LogP contribution is 2.29. The van der Waals surface area contributed by atoms with Crippen LogP contribution in [0.4, 0.5) is 13.2 Å². The average molecular weight is 304 g/mol. The largest absolute Gasteiger partial charge is 0.416 e. The molecule has 0 bridgehead atoms. The fourth-order valence-corrected chi connectivity index (χ4v) is 2.08. The summed E-state index contributed by atoms with van der Waals surface area (Å²) in [5.74, 6) is 0. The lowest BCUT2D eigenvalue weighted by molar-refractivity contribution is -0.137. The van der Waals surface area contributed by atoms with Crippen molar-refractivity contribution in [2.45, 2.75) is 12.7 Å². The molecule has 1 aromatic carbocycles. The number of rotatable bonds is 3. The van der Waals surface area contributed by atoms with Crippen molar-refractivity contribution in [3.05, 3.63) is 66.1 Å². The number of pyridine rings is 1. The van der Waals surface area contributed by atoms with E-state index in [9.17, 15) is 13.2 Å². The Hall–Kier alpha value is -2.70. The van der Waals surface area contributed by atoms with Crippen LogP contribution in [0, 0.1) is 0 Å². The molecule has 0 aliphatic rings. The van der Waals surface area contributed by atoms with E-state index < -0.39 is 11.7 Å². The Morgan fingerprint density at radius 1 is 1.00 bits per heavy atom. The molecule has 112 valence electrons. The maximum absolute atomic E-state index is 12.5. The third-order valence-electron chi connectivity index (χ3n) is 3.19. The summed E-state index contributed by atoms with van der Waals surface area (Å²) in [5, 5.41) is 7.83. The summed E-state index contributed by atoms with van der Waals surface area (Å²) in [6, 6.07) is 8.68. The van der Waals surface area contributed by atoms with Crippen LogP contribution >= 0.6 is 0 Å². The first-order valence-electron chi connectivity index (χ1n) is 6.49. The topological polar surface area (TPSA) is 43.6 Å². The minimum Gasteiger partial charge on any atom is -0.264 e. The molecule has 0 unspecified atom stereocenters. The molecule has 3 rings (SSSR count). The van der Waals surface area contributed by atoms with Crippen molar-refractivity contribution in [2.24, 2.45) is 0 Å². The predicted octanol–water partition coefficient (Wildman–Crippen LogP) is 3.41. The first-order chi connectivity index (χ1) is 10.5. The number of hydrogen-bond donors (Lipinski definition) is 0. The molecule has 22 heavy (non-hydrogen) atoms. The minimum atomic E-state index is -4.33. The Balaban J connectivity index is 1.84. The van der Waals surface area contributed by atoms with E-state index in [4.69, 9.17) is 0 Å². The van der Waals surface area contributed by atoms with E-state index in [2.05, 4.69) is 15.3 Å². The molecule has 7 heteroatoms. The Bertz CT molecular complexity index is 748. The van der Waals surface area contributed by atoms with Gasteiger partial charge in [0.25, 0.3) is 0 Å². The lowest BCUT2D eigenvalue weighted by Gasteiger charge is -2.09. The van der Waals surface area contributed by atoms with Gasteiger partial charge < -0.3 is 0 Å². The zero-order valence-corrected chi connectivity index (χ0v) is 11.3. The lowest BCUT2D eigenvalue weighted by atomic mass is 10.1. The number of nitrogens with zero attached hydrogens (tertiary/aromatic N) is 4. The number of benzene rings is 1. The Kier molecular flexibility index (Phi) is 3.62. The van der Waals surface area contributed by atoms with Crippen molar-refractivity contribution in [1.82, 2.24) is 20.0 Å². The van der Waals surface area contributed by atoms with E-state index in [1.165, 1.54) is 12.1 Å². The molecule has 0 amide bonds. The van der Waals surface area contributed by atoms with Crippen molar-refractivity contribution >= 4 is 0 Å². The van der Waals surface area contributed by atoms with Gasteiger partial charge in [0.1, 0.15) is 0 Å². The van der Waals surface area contributed by atoms with Gasteiger partial charge in [0, 0.05) is 18.0 Å². The maximum atomic E-state index is 12.5. The van der Waals surface area contributed by atoms with E-state index in [1.54, 1.807) is 29.3 Å². The normalized spacial score (nSPS) is 11.6. The third-order valence-corrected chi connectivity index (χ3v) is 3.19. The molecule has 0 aliphatic carbocycles. The zero-order valence-electron chi connectivity index (χ0n) is 11.3. The van der Waals surface area contributed by atoms with Crippen molar-refractivity contribution in [2.75, 3.05) is 0 Å². The fraction of sp³-hybridized carbons (Fsp3) is 0.133. The van der Waals surface area contributed by atoms with Crippen LogP contribution in [0.25, 0.3) is 11.3 Å². The Morgan fingerprint density at radius 2 is 1.77 bits per heavy atom. The Morgan fingerprint density at radius 3 is 2.41 bits per heavy atom. The molecule has 0 fully saturated rings. The highest BCUT2D eigenvalue weighted by atomic mass is 19.4. The first-order valence-corrected chi connectivity index (χ1v) is 6.49. The SMILES string of the molecule is FC(F)(F)c1ccc(Cn2nncc2-c2cccnc2)cc1. The standard InChI is InChI=1S/C15H11F3N4/c16-15(17,18)13-5-3-11(4-6-13)10-22-14(9-20-21-22)12-2-1-7-19-8-12/h1-9H,10H2. The number of halogens is 3. The van der Waals surface area contributed by atoms with Crippen molar-refractivity contribution in [3.63, 3.8) is 0 Å². The van der Waals surface area contributed by atoms with Gasteiger partial charge in [0.2, 0.25) is 0 Å². The van der Waals surface area contributed by atoms with Gasteiger partial charge in [-0.15, -0.1) is 5.10 Å². The lowest BCUT2D eigenvalue weighted by Crippen LogP contribution is -2.07. The molecule has 3 aromatic rings. The number of alkyl halides is 3. The van der Waals surface area contributed by atoms with Gasteiger partial charge in [-0.05, 0) is 29.8 Å². The quantitative estimate of drug-likeness (QED) is 0.745. The van der Waals surface area contributed by atoms with Crippen LogP contribution in [0.3, 0.4) is 0 Å². The van der Waals surface area contributed by atoms with Gasteiger partial charge in [-0.1, -0.05) is 17.3 Å². The highest BCUT2D eigenvalue weighted by Gasteiger charge is 2.29. The highest BCUT2D eigenvalue weighted by molar-refractivity contribution is 5.56. The van der Waals surface area contributed by atoms with Gasteiger partial charge in [-0.2, -0.15) is 13.2 Å². The molecule has 0 saturated heterocycles. The van der Waals surface area contributed by atoms with Crippen molar-refractivity contribution in [3.8, 4) is 11.3 Å². The smallest absolute Gasteiger partial charge is 0.264 e. The molecule has 0 spiro atoms. The zero-order chi connectivity index (χ0) is 15.6. The van der Waals surface area contributed by atoms with Gasteiger partial charge in [-0.3, -0.25) is 4.98 Å². The Labute approximate surface area is 124 Å². The van der Waals surface area contributed by atoms with Crippen LogP contribution in [0.2, 0.25) is 0 Å². The molecular weight excluding hydrogens is 293 g/mol. The second kappa shape index (κ2) is 5.59. The van der Waals surface area contributed by atoms with Crippen LogP contribution in [-0.4, -0.2) is 20.0 Å². The van der Waals surface area contributed by atoms with E-state index in [1.807, 2.05) is 6.07 Å². The minimum absolute atomic E-state index is 0.336. The van der Waals surface area contributed by atoms with Crippen molar-refractivity contribution in [1.29, 1.82) is 0 Å². The van der Waals surface area contributed by atoms with E-state index in [0.717, 1.165) is 23.4 Å². The average Bonchev–Trinajstić information content (AvgIpc) is 2.96. The third kappa shape index (κ3) is 2.98. The number of hydrogen-bond acceptors (Lipinski definition) is 3. The summed E-state index contributed by atoms with van der Waals surface area (Å²) < 4.78 is 39.3. The fourth-order valence-electron chi connectivity index (χ4n) is 2.08. The van der Waals surface area contributed by atoms with E-state index in [-0.39, 0.29) is 0 Å². The van der Waals surface area contributed by atoms with Gasteiger partial charge in [-0.25, -0.2) is 4.68 Å². The molecule has 0 atom stereocenters. The molecule has 2 heterocycles. The van der Waals surface area contributed by atoms with Crippen molar-refractivity contribution < 1.29 is 13.2 Å². The molecule has 2 aromatic heterocycles. The van der Waals surface area contributed by atoms with E-state index >= 15 is 0 Å². The molecular formula is C15H11F3N4. The van der Waals surface area contributed by atoms with Crippen LogP contribution in [-0.2, 0) is 12.7 Å². The molecule has 0 radical (unpaired) electrons. The summed E-state index contributed by atoms with van der Waals surface area (Å²) in [4.78, 5) is 4.03. The predicted molar refractivity (Wildman–Crippen MR) is 73.8 cm³/mol. The second-order valence-corrected chi connectivity index (χ2v) is 4.71. The molecule has 0 saturated carbocycles.